The second-order valence-corrected chi connectivity index (χ2v) is 4.98. The summed E-state index contributed by atoms with van der Waals surface area (Å²) in [4.78, 5) is 14.0. The molecule has 2 N–H and O–H groups in total. The molecule has 4 nitrogen and oxygen atoms in total. The molecule has 1 fully saturated rings. The molecule has 1 amide bonds. The van der Waals surface area contributed by atoms with Crippen LogP contribution in [0.1, 0.15) is 25.3 Å². The fourth-order valence-corrected chi connectivity index (χ4v) is 2.35. The molecule has 1 atom stereocenters. The van der Waals surface area contributed by atoms with Gasteiger partial charge in [0.25, 0.3) is 5.91 Å². The second-order valence-electron chi connectivity index (χ2n) is 4.98. The van der Waals surface area contributed by atoms with Crippen LogP contribution < -0.4 is 10.5 Å². The van der Waals surface area contributed by atoms with Crippen molar-refractivity contribution in [2.45, 2.75) is 32.3 Å². The first-order chi connectivity index (χ1) is 9.20. The Bertz CT molecular complexity index is 411. The maximum atomic E-state index is 12.1. The fourth-order valence-electron chi connectivity index (χ4n) is 2.35. The molecule has 1 aromatic rings. The van der Waals surface area contributed by atoms with Crippen molar-refractivity contribution in [1.29, 1.82) is 0 Å². The molecule has 0 spiro atoms. The largest absolute Gasteiger partial charge is 0.481 e. The highest BCUT2D eigenvalue weighted by atomic mass is 16.5. The van der Waals surface area contributed by atoms with Crippen LogP contribution in [0.3, 0.4) is 0 Å². The molecule has 1 aliphatic heterocycles. The Morgan fingerprint density at radius 2 is 1.95 bits per heavy atom. The molecular weight excluding hydrogens is 240 g/mol. The van der Waals surface area contributed by atoms with E-state index >= 15 is 0 Å². The minimum Gasteiger partial charge on any atom is -0.481 e. The summed E-state index contributed by atoms with van der Waals surface area (Å²) < 4.78 is 5.70. The van der Waals surface area contributed by atoms with Crippen LogP contribution in [-0.2, 0) is 11.2 Å². The Balaban J connectivity index is 1.90. The van der Waals surface area contributed by atoms with E-state index in [9.17, 15) is 4.79 Å². The van der Waals surface area contributed by atoms with Crippen LogP contribution in [0.2, 0.25) is 0 Å². The number of carbonyl (C=O) groups excluding carboxylic acids is 1. The van der Waals surface area contributed by atoms with E-state index in [1.165, 1.54) is 5.56 Å². The van der Waals surface area contributed by atoms with Crippen molar-refractivity contribution in [3.8, 4) is 5.75 Å². The van der Waals surface area contributed by atoms with Gasteiger partial charge >= 0.3 is 0 Å². The summed E-state index contributed by atoms with van der Waals surface area (Å²) in [5.74, 6) is 0.823. The fraction of sp³-hybridized carbons (Fsp3) is 0.533. The standard InChI is InChI=1S/C15H22N2O2/c1-12(15(18)17-10-2-3-11-17)19-14-6-4-13(5-7-14)8-9-16/h4-7,12H,2-3,8-11,16H2,1H3. The first-order valence-electron chi connectivity index (χ1n) is 6.95. The number of benzene rings is 1. The SMILES string of the molecule is CC(Oc1ccc(CCN)cc1)C(=O)N1CCCC1. The van der Waals surface area contributed by atoms with Crippen LogP contribution in [0, 0.1) is 0 Å². The van der Waals surface area contributed by atoms with Crippen LogP contribution in [-0.4, -0.2) is 36.5 Å². The van der Waals surface area contributed by atoms with E-state index in [4.69, 9.17) is 10.5 Å². The highest BCUT2D eigenvalue weighted by molar-refractivity contribution is 5.81. The van der Waals surface area contributed by atoms with Crippen molar-refractivity contribution in [2.75, 3.05) is 19.6 Å². The van der Waals surface area contributed by atoms with Crippen molar-refractivity contribution < 1.29 is 9.53 Å². The maximum Gasteiger partial charge on any atom is 0.263 e. The quantitative estimate of drug-likeness (QED) is 0.876. The van der Waals surface area contributed by atoms with Crippen LogP contribution in [0.25, 0.3) is 0 Å². The minimum atomic E-state index is -0.418. The van der Waals surface area contributed by atoms with Crippen LogP contribution in [0.5, 0.6) is 5.75 Å². The van der Waals surface area contributed by atoms with Gasteiger partial charge in [-0.05, 0) is 50.4 Å². The van der Waals surface area contributed by atoms with Gasteiger partial charge in [-0.25, -0.2) is 0 Å². The van der Waals surface area contributed by atoms with Gasteiger partial charge in [-0.1, -0.05) is 12.1 Å². The number of amides is 1. The van der Waals surface area contributed by atoms with Gasteiger partial charge in [-0.15, -0.1) is 0 Å². The lowest BCUT2D eigenvalue weighted by molar-refractivity contribution is -0.136. The zero-order valence-corrected chi connectivity index (χ0v) is 11.5. The van der Waals surface area contributed by atoms with Crippen LogP contribution in [0.4, 0.5) is 0 Å². The Hall–Kier alpha value is -1.55. The van der Waals surface area contributed by atoms with E-state index in [0.717, 1.165) is 38.1 Å². The van der Waals surface area contributed by atoms with Crippen molar-refractivity contribution in [1.82, 2.24) is 4.90 Å². The molecule has 0 aliphatic carbocycles. The van der Waals surface area contributed by atoms with E-state index in [1.54, 1.807) is 0 Å². The average Bonchev–Trinajstić information content (AvgIpc) is 2.94. The van der Waals surface area contributed by atoms with Gasteiger partial charge in [0.2, 0.25) is 0 Å². The first-order valence-corrected chi connectivity index (χ1v) is 6.95. The third kappa shape index (κ3) is 3.70. The molecule has 1 saturated heterocycles. The molecule has 0 bridgehead atoms. The van der Waals surface area contributed by atoms with Gasteiger partial charge in [-0.3, -0.25) is 4.79 Å². The molecule has 1 unspecified atom stereocenters. The van der Waals surface area contributed by atoms with Gasteiger partial charge in [0.15, 0.2) is 6.10 Å². The Morgan fingerprint density at radius 1 is 1.32 bits per heavy atom. The van der Waals surface area contributed by atoms with Gasteiger partial charge in [0, 0.05) is 13.1 Å². The lowest BCUT2D eigenvalue weighted by Crippen LogP contribution is -2.38. The zero-order chi connectivity index (χ0) is 13.7. The monoisotopic (exact) mass is 262 g/mol. The van der Waals surface area contributed by atoms with E-state index in [2.05, 4.69) is 0 Å². The Labute approximate surface area is 114 Å². The molecule has 2 rings (SSSR count). The van der Waals surface area contributed by atoms with E-state index in [-0.39, 0.29) is 5.91 Å². The van der Waals surface area contributed by atoms with Gasteiger partial charge in [-0.2, -0.15) is 0 Å². The van der Waals surface area contributed by atoms with Crippen molar-refractivity contribution in [3.63, 3.8) is 0 Å². The number of nitrogens with two attached hydrogens (primary N) is 1. The lowest BCUT2D eigenvalue weighted by Gasteiger charge is -2.21. The summed E-state index contributed by atoms with van der Waals surface area (Å²) in [5.41, 5.74) is 6.70. The molecule has 1 heterocycles. The number of ether oxygens (including phenoxy) is 1. The normalized spacial score (nSPS) is 16.4. The van der Waals surface area contributed by atoms with Crippen LogP contribution in [0.15, 0.2) is 24.3 Å². The van der Waals surface area contributed by atoms with Gasteiger partial charge < -0.3 is 15.4 Å². The van der Waals surface area contributed by atoms with Crippen LogP contribution >= 0.6 is 0 Å². The topological polar surface area (TPSA) is 55.6 Å². The second kappa shape index (κ2) is 6.57. The summed E-state index contributed by atoms with van der Waals surface area (Å²) in [7, 11) is 0. The van der Waals surface area contributed by atoms with Crippen molar-refractivity contribution in [2.24, 2.45) is 5.73 Å². The summed E-state index contributed by atoms with van der Waals surface area (Å²) in [5, 5.41) is 0. The third-order valence-electron chi connectivity index (χ3n) is 3.43. The number of hydrogen-bond acceptors (Lipinski definition) is 3. The average molecular weight is 262 g/mol. The highest BCUT2D eigenvalue weighted by Crippen LogP contribution is 2.16. The lowest BCUT2D eigenvalue weighted by atomic mass is 10.1. The number of hydrogen-bond donors (Lipinski definition) is 1. The highest BCUT2D eigenvalue weighted by Gasteiger charge is 2.24. The number of carbonyl (C=O) groups is 1. The molecule has 104 valence electrons. The van der Waals surface area contributed by atoms with Gasteiger partial charge in [0.05, 0.1) is 0 Å². The molecule has 1 aliphatic rings. The number of rotatable bonds is 5. The molecule has 0 saturated carbocycles. The zero-order valence-electron chi connectivity index (χ0n) is 11.5. The smallest absolute Gasteiger partial charge is 0.263 e. The Kier molecular flexibility index (Phi) is 4.80. The maximum absolute atomic E-state index is 12.1. The molecule has 1 aromatic carbocycles. The summed E-state index contributed by atoms with van der Waals surface area (Å²) >= 11 is 0. The predicted molar refractivity (Wildman–Crippen MR) is 75.1 cm³/mol. The van der Waals surface area contributed by atoms with Crippen molar-refractivity contribution in [3.05, 3.63) is 29.8 Å². The minimum absolute atomic E-state index is 0.0866. The molecule has 0 radical (unpaired) electrons. The van der Waals surface area contributed by atoms with E-state index in [1.807, 2.05) is 36.1 Å². The predicted octanol–water partition coefficient (Wildman–Crippen LogP) is 1.58. The first kappa shape index (κ1) is 13.9. The summed E-state index contributed by atoms with van der Waals surface area (Å²) in [6.45, 7) is 4.18. The number of likely N-dealkylation sites (tertiary alicyclic amines) is 1. The van der Waals surface area contributed by atoms with E-state index < -0.39 is 6.10 Å². The summed E-state index contributed by atoms with van der Waals surface area (Å²) in [6.07, 6.45) is 2.65. The molecular formula is C15H22N2O2. The Morgan fingerprint density at radius 3 is 2.53 bits per heavy atom. The van der Waals surface area contributed by atoms with E-state index in [0.29, 0.717) is 6.54 Å². The molecule has 4 heteroatoms. The summed E-state index contributed by atoms with van der Waals surface area (Å²) in [6, 6.07) is 7.79. The number of nitrogens with zero attached hydrogens (tertiary/aromatic N) is 1. The third-order valence-corrected chi connectivity index (χ3v) is 3.43. The van der Waals surface area contributed by atoms with Crippen molar-refractivity contribution >= 4 is 5.91 Å². The molecule has 0 aromatic heterocycles. The molecule has 19 heavy (non-hydrogen) atoms. The van der Waals surface area contributed by atoms with Gasteiger partial charge in [0.1, 0.15) is 5.75 Å².